The fraction of sp³-hybridized carbons (Fsp3) is 0.778. The number of nitriles is 1. The average Bonchev–Trinajstić information content (AvgIpc) is 2.04. The number of hydrogen-bond acceptors (Lipinski definition) is 3. The molecule has 0 amide bonds. The Kier molecular flexibility index (Phi) is 4.35. The van der Waals surface area contributed by atoms with E-state index in [1.807, 2.05) is 13.8 Å². The Balaban J connectivity index is 3.58. The molecular formula is C9H15NO2. The van der Waals surface area contributed by atoms with Crippen LogP contribution < -0.4 is 0 Å². The van der Waals surface area contributed by atoms with Gasteiger partial charge in [-0.05, 0) is 26.7 Å². The molecule has 3 heteroatoms. The first-order valence-electron chi connectivity index (χ1n) is 4.00. The first-order chi connectivity index (χ1) is 5.52. The van der Waals surface area contributed by atoms with Crippen LogP contribution in [0.2, 0.25) is 0 Å². The molecular weight excluding hydrogens is 154 g/mol. The Hall–Kier alpha value is -1.04. The van der Waals surface area contributed by atoms with Crippen molar-refractivity contribution in [3.05, 3.63) is 0 Å². The molecule has 0 aromatic carbocycles. The third-order valence-corrected chi connectivity index (χ3v) is 1.71. The molecule has 3 nitrogen and oxygen atoms in total. The fourth-order valence-electron chi connectivity index (χ4n) is 0.833. The summed E-state index contributed by atoms with van der Waals surface area (Å²) < 4.78 is 4.48. The van der Waals surface area contributed by atoms with Gasteiger partial charge in [0.1, 0.15) is 0 Å². The van der Waals surface area contributed by atoms with Gasteiger partial charge in [0.05, 0.1) is 18.6 Å². The normalized spacial score (nSPS) is 10.5. The van der Waals surface area contributed by atoms with E-state index < -0.39 is 0 Å². The largest absolute Gasteiger partial charge is 0.469 e. The standard InChI is InChI=1S/C9H15NO2/c1-9(2,7-10)6-4-5-8(11)12-3/h4-6H2,1-3H3. The van der Waals surface area contributed by atoms with E-state index in [0.29, 0.717) is 12.8 Å². The highest BCUT2D eigenvalue weighted by Crippen LogP contribution is 2.21. The van der Waals surface area contributed by atoms with Gasteiger partial charge in [-0.2, -0.15) is 5.26 Å². The minimum absolute atomic E-state index is 0.205. The molecule has 0 aliphatic heterocycles. The van der Waals surface area contributed by atoms with Crippen LogP contribution in [0.3, 0.4) is 0 Å². The SMILES string of the molecule is COC(=O)CCCC(C)(C)C#N. The zero-order valence-electron chi connectivity index (χ0n) is 7.89. The third kappa shape index (κ3) is 4.73. The highest BCUT2D eigenvalue weighted by molar-refractivity contribution is 5.68. The molecule has 0 aromatic rings. The molecule has 0 aliphatic rings. The van der Waals surface area contributed by atoms with Crippen LogP contribution in [0.15, 0.2) is 0 Å². The highest BCUT2D eigenvalue weighted by atomic mass is 16.5. The molecule has 0 unspecified atom stereocenters. The summed E-state index contributed by atoms with van der Waals surface area (Å²) in [5.74, 6) is -0.205. The maximum Gasteiger partial charge on any atom is 0.305 e. The lowest BCUT2D eigenvalue weighted by Gasteiger charge is -2.13. The number of esters is 1. The molecule has 0 N–H and O–H groups in total. The maximum absolute atomic E-state index is 10.7. The number of ether oxygens (including phenoxy) is 1. The van der Waals surface area contributed by atoms with Crippen LogP contribution >= 0.6 is 0 Å². The monoisotopic (exact) mass is 169 g/mol. The van der Waals surface area contributed by atoms with E-state index in [-0.39, 0.29) is 11.4 Å². The summed E-state index contributed by atoms with van der Waals surface area (Å²) in [6.07, 6.45) is 1.85. The molecule has 0 saturated carbocycles. The van der Waals surface area contributed by atoms with Gasteiger partial charge in [-0.1, -0.05) is 0 Å². The van der Waals surface area contributed by atoms with Crippen molar-refractivity contribution in [2.75, 3.05) is 7.11 Å². The van der Waals surface area contributed by atoms with Crippen LogP contribution in [0, 0.1) is 16.7 Å². The van der Waals surface area contributed by atoms with Crippen LogP contribution in [0.5, 0.6) is 0 Å². The first kappa shape index (κ1) is 11.0. The predicted octanol–water partition coefficient (Wildman–Crippen LogP) is 1.88. The second-order valence-corrected chi connectivity index (χ2v) is 3.43. The van der Waals surface area contributed by atoms with Crippen LogP contribution in [-0.2, 0) is 9.53 Å². The molecule has 12 heavy (non-hydrogen) atoms. The number of hydrogen-bond donors (Lipinski definition) is 0. The summed E-state index contributed by atoms with van der Waals surface area (Å²) in [7, 11) is 1.37. The summed E-state index contributed by atoms with van der Waals surface area (Å²) in [6.45, 7) is 3.73. The van der Waals surface area contributed by atoms with Crippen molar-refractivity contribution in [3.63, 3.8) is 0 Å². The highest BCUT2D eigenvalue weighted by Gasteiger charge is 2.16. The summed E-state index contributed by atoms with van der Waals surface area (Å²) in [5.41, 5.74) is -0.325. The van der Waals surface area contributed by atoms with E-state index in [0.717, 1.165) is 6.42 Å². The Morgan fingerprint density at radius 3 is 2.58 bits per heavy atom. The van der Waals surface area contributed by atoms with Crippen molar-refractivity contribution >= 4 is 5.97 Å². The lowest BCUT2D eigenvalue weighted by Crippen LogP contribution is -2.09. The third-order valence-electron chi connectivity index (χ3n) is 1.71. The van der Waals surface area contributed by atoms with E-state index in [9.17, 15) is 4.79 Å². The van der Waals surface area contributed by atoms with Gasteiger partial charge in [0.25, 0.3) is 0 Å². The second-order valence-electron chi connectivity index (χ2n) is 3.43. The number of methoxy groups -OCH3 is 1. The van der Waals surface area contributed by atoms with Crippen molar-refractivity contribution in [2.45, 2.75) is 33.1 Å². The molecule has 0 aliphatic carbocycles. The van der Waals surface area contributed by atoms with Crippen molar-refractivity contribution < 1.29 is 9.53 Å². The zero-order valence-corrected chi connectivity index (χ0v) is 7.89. The summed E-state index contributed by atoms with van der Waals surface area (Å²) in [5, 5.41) is 8.65. The van der Waals surface area contributed by atoms with E-state index in [4.69, 9.17) is 5.26 Å². The number of carbonyl (C=O) groups excluding carboxylic acids is 1. The van der Waals surface area contributed by atoms with Gasteiger partial charge in [0, 0.05) is 6.42 Å². The van der Waals surface area contributed by atoms with Gasteiger partial charge in [-0.15, -0.1) is 0 Å². The number of carbonyl (C=O) groups is 1. The first-order valence-corrected chi connectivity index (χ1v) is 4.00. The lowest BCUT2D eigenvalue weighted by atomic mass is 9.89. The number of nitrogens with zero attached hydrogens (tertiary/aromatic N) is 1. The van der Waals surface area contributed by atoms with Crippen LogP contribution in [0.25, 0.3) is 0 Å². The zero-order chi connectivity index (χ0) is 9.61. The van der Waals surface area contributed by atoms with Gasteiger partial charge in [0.2, 0.25) is 0 Å². The molecule has 0 saturated heterocycles. The Morgan fingerprint density at radius 2 is 2.17 bits per heavy atom. The van der Waals surface area contributed by atoms with Gasteiger partial charge in [-0.25, -0.2) is 0 Å². The molecule has 0 atom stereocenters. The molecule has 0 heterocycles. The van der Waals surface area contributed by atoms with E-state index in [1.54, 1.807) is 0 Å². The second kappa shape index (κ2) is 4.76. The number of rotatable bonds is 4. The van der Waals surface area contributed by atoms with Gasteiger partial charge < -0.3 is 4.74 Å². The van der Waals surface area contributed by atoms with Crippen LogP contribution in [-0.4, -0.2) is 13.1 Å². The fourth-order valence-corrected chi connectivity index (χ4v) is 0.833. The Labute approximate surface area is 73.3 Å². The van der Waals surface area contributed by atoms with E-state index >= 15 is 0 Å². The topological polar surface area (TPSA) is 50.1 Å². The van der Waals surface area contributed by atoms with Crippen molar-refractivity contribution in [3.8, 4) is 6.07 Å². The van der Waals surface area contributed by atoms with E-state index in [1.165, 1.54) is 7.11 Å². The van der Waals surface area contributed by atoms with Crippen molar-refractivity contribution in [1.29, 1.82) is 5.26 Å². The van der Waals surface area contributed by atoms with Crippen LogP contribution in [0.1, 0.15) is 33.1 Å². The molecule has 68 valence electrons. The predicted molar refractivity (Wildman–Crippen MR) is 45.3 cm³/mol. The van der Waals surface area contributed by atoms with Gasteiger partial charge in [-0.3, -0.25) is 4.79 Å². The average molecular weight is 169 g/mol. The smallest absolute Gasteiger partial charge is 0.305 e. The van der Waals surface area contributed by atoms with Crippen molar-refractivity contribution in [2.24, 2.45) is 5.41 Å². The summed E-state index contributed by atoms with van der Waals surface area (Å²) >= 11 is 0. The van der Waals surface area contributed by atoms with Crippen LogP contribution in [0.4, 0.5) is 0 Å². The van der Waals surface area contributed by atoms with E-state index in [2.05, 4.69) is 10.8 Å². The van der Waals surface area contributed by atoms with Gasteiger partial charge in [0.15, 0.2) is 0 Å². The molecule has 0 rings (SSSR count). The molecule has 0 radical (unpaired) electrons. The Bertz CT molecular complexity index is 191. The minimum Gasteiger partial charge on any atom is -0.469 e. The minimum atomic E-state index is -0.325. The quantitative estimate of drug-likeness (QED) is 0.604. The molecule has 0 fully saturated rings. The molecule has 0 spiro atoms. The molecule has 0 bridgehead atoms. The van der Waals surface area contributed by atoms with Crippen molar-refractivity contribution in [1.82, 2.24) is 0 Å². The lowest BCUT2D eigenvalue weighted by molar-refractivity contribution is -0.140. The molecule has 0 aromatic heterocycles. The Morgan fingerprint density at radius 1 is 1.58 bits per heavy atom. The summed E-state index contributed by atoms with van der Waals surface area (Å²) in [6, 6.07) is 2.18. The van der Waals surface area contributed by atoms with Gasteiger partial charge >= 0.3 is 5.97 Å². The maximum atomic E-state index is 10.7. The summed E-state index contributed by atoms with van der Waals surface area (Å²) in [4.78, 5) is 10.7.